The molecule has 0 N–H and O–H groups in total. The minimum atomic E-state index is -0.449. The maximum absolute atomic E-state index is 14.1. The summed E-state index contributed by atoms with van der Waals surface area (Å²) in [5.41, 5.74) is 7.52. The minimum absolute atomic E-state index is 0.137. The first-order valence-corrected chi connectivity index (χ1v) is 18.8. The zero-order valence-electron chi connectivity index (χ0n) is 31.9. The van der Waals surface area contributed by atoms with Gasteiger partial charge >= 0.3 is 5.97 Å². The van der Waals surface area contributed by atoms with E-state index in [1.807, 2.05) is 72.8 Å². The lowest BCUT2D eigenvalue weighted by molar-refractivity contribution is -0.134. The van der Waals surface area contributed by atoms with Crippen LogP contribution in [-0.4, -0.2) is 38.3 Å². The first-order valence-electron chi connectivity index (χ1n) is 18.8. The van der Waals surface area contributed by atoms with Crippen molar-refractivity contribution < 1.29 is 33.4 Å². The molecular formula is C49H38N2O7. The molecule has 0 saturated heterocycles. The molecule has 0 fully saturated rings. The van der Waals surface area contributed by atoms with Crippen LogP contribution in [0.15, 0.2) is 152 Å². The van der Waals surface area contributed by atoms with Crippen molar-refractivity contribution in [2.45, 2.75) is 19.3 Å². The summed E-state index contributed by atoms with van der Waals surface area (Å²) in [4.78, 5) is 55.6. The highest BCUT2D eigenvalue weighted by Gasteiger charge is 2.34. The Hall–Kier alpha value is -7.52. The molecule has 0 spiro atoms. The van der Waals surface area contributed by atoms with Crippen LogP contribution in [0.2, 0.25) is 0 Å². The molecule has 1 aliphatic rings. The molecule has 0 aromatic heterocycles. The second kappa shape index (κ2) is 16.3. The molecule has 7 aromatic carbocycles. The van der Waals surface area contributed by atoms with Gasteiger partial charge in [0, 0.05) is 52.1 Å². The summed E-state index contributed by atoms with van der Waals surface area (Å²) in [5.74, 6) is -0.533. The van der Waals surface area contributed by atoms with Crippen LogP contribution < -0.4 is 24.0 Å². The monoisotopic (exact) mass is 766 g/mol. The molecule has 58 heavy (non-hydrogen) atoms. The number of imide groups is 1. The van der Waals surface area contributed by atoms with Crippen molar-refractivity contribution in [3.63, 3.8) is 0 Å². The normalized spacial score (nSPS) is 12.0. The molecule has 9 heteroatoms. The zero-order valence-corrected chi connectivity index (χ0v) is 31.9. The van der Waals surface area contributed by atoms with Gasteiger partial charge in [-0.25, -0.2) is 4.90 Å². The second-order valence-corrected chi connectivity index (χ2v) is 13.7. The maximum atomic E-state index is 14.1. The summed E-state index contributed by atoms with van der Waals surface area (Å²) in [6.07, 6.45) is 1.82. The van der Waals surface area contributed by atoms with Crippen molar-refractivity contribution in [1.29, 1.82) is 0 Å². The molecule has 286 valence electrons. The van der Waals surface area contributed by atoms with Gasteiger partial charge in [0.15, 0.2) is 6.29 Å². The third-order valence-corrected chi connectivity index (χ3v) is 10.3. The molecule has 9 nitrogen and oxygen atoms in total. The highest BCUT2D eigenvalue weighted by Crippen LogP contribution is 2.40. The second-order valence-electron chi connectivity index (χ2n) is 13.7. The van der Waals surface area contributed by atoms with Gasteiger partial charge in [-0.1, -0.05) is 78.9 Å². The Bertz CT molecular complexity index is 2570. The van der Waals surface area contributed by atoms with Gasteiger partial charge in [-0.05, 0) is 95.6 Å². The van der Waals surface area contributed by atoms with Crippen molar-refractivity contribution in [2.24, 2.45) is 0 Å². The summed E-state index contributed by atoms with van der Waals surface area (Å²) < 4.78 is 16.0. The van der Waals surface area contributed by atoms with Crippen LogP contribution in [0.4, 0.5) is 22.7 Å². The fraction of sp³-hybridized carbons (Fsp3) is 0.102. The number of para-hydroxylation sites is 2. The van der Waals surface area contributed by atoms with Gasteiger partial charge in [0.05, 0.1) is 25.5 Å². The third-order valence-electron chi connectivity index (χ3n) is 10.3. The average Bonchev–Trinajstić information content (AvgIpc) is 3.26. The van der Waals surface area contributed by atoms with Gasteiger partial charge in [-0.3, -0.25) is 19.2 Å². The SMILES string of the molecule is COc1cc(OC(=O)CCCc2ccc(N3C(=O)c4cccc5c(-c6ccc(N(c7ccccc7)c7ccccc7)cc6)ccc(c45)C3=O)cc2)cc(OC)c1C=O. The molecule has 1 heterocycles. The quantitative estimate of drug-likeness (QED) is 0.0495. The zero-order chi connectivity index (χ0) is 40.2. The number of hydrogen-bond donors (Lipinski definition) is 0. The largest absolute Gasteiger partial charge is 0.496 e. The maximum Gasteiger partial charge on any atom is 0.311 e. The van der Waals surface area contributed by atoms with Crippen molar-refractivity contribution in [1.82, 2.24) is 0 Å². The van der Waals surface area contributed by atoms with Crippen molar-refractivity contribution in [3.05, 3.63) is 174 Å². The molecule has 0 unspecified atom stereocenters. The van der Waals surface area contributed by atoms with E-state index < -0.39 is 5.97 Å². The van der Waals surface area contributed by atoms with Gasteiger partial charge in [0.25, 0.3) is 11.8 Å². The van der Waals surface area contributed by atoms with Crippen LogP contribution in [0, 0.1) is 0 Å². The van der Waals surface area contributed by atoms with Crippen molar-refractivity contribution in [2.75, 3.05) is 24.0 Å². The van der Waals surface area contributed by atoms with Gasteiger partial charge in [-0.15, -0.1) is 0 Å². The Morgan fingerprint density at radius 2 is 1.21 bits per heavy atom. The van der Waals surface area contributed by atoms with Gasteiger partial charge in [0.2, 0.25) is 0 Å². The number of aldehydes is 1. The van der Waals surface area contributed by atoms with Crippen LogP contribution in [0.1, 0.15) is 49.5 Å². The van der Waals surface area contributed by atoms with Crippen LogP contribution in [0.3, 0.4) is 0 Å². The van der Waals surface area contributed by atoms with E-state index in [0.717, 1.165) is 39.1 Å². The number of rotatable bonds is 13. The van der Waals surface area contributed by atoms with E-state index in [4.69, 9.17) is 14.2 Å². The molecule has 0 atom stereocenters. The Balaban J connectivity index is 0.975. The van der Waals surface area contributed by atoms with Crippen molar-refractivity contribution in [3.8, 4) is 28.4 Å². The molecule has 0 radical (unpaired) electrons. The fourth-order valence-corrected chi connectivity index (χ4v) is 7.49. The van der Waals surface area contributed by atoms with E-state index in [2.05, 4.69) is 53.4 Å². The number of methoxy groups -OCH3 is 2. The predicted octanol–water partition coefficient (Wildman–Crippen LogP) is 10.5. The number of ether oxygens (including phenoxy) is 3. The lowest BCUT2D eigenvalue weighted by atomic mass is 9.89. The van der Waals surface area contributed by atoms with Crippen LogP contribution >= 0.6 is 0 Å². The van der Waals surface area contributed by atoms with E-state index in [1.165, 1.54) is 31.3 Å². The number of nitrogens with zero attached hydrogens (tertiary/aromatic N) is 2. The van der Waals surface area contributed by atoms with E-state index in [-0.39, 0.29) is 41.0 Å². The summed E-state index contributed by atoms with van der Waals surface area (Å²) in [5, 5.41) is 1.47. The lowest BCUT2D eigenvalue weighted by Gasteiger charge is -2.28. The Labute approximate surface area is 335 Å². The molecule has 7 aromatic rings. The molecule has 1 aliphatic heterocycles. The van der Waals surface area contributed by atoms with Crippen LogP contribution in [0.25, 0.3) is 21.9 Å². The van der Waals surface area contributed by atoms with E-state index in [0.29, 0.717) is 41.3 Å². The highest BCUT2D eigenvalue weighted by molar-refractivity contribution is 6.36. The van der Waals surface area contributed by atoms with Crippen molar-refractivity contribution >= 4 is 57.6 Å². The van der Waals surface area contributed by atoms with E-state index in [9.17, 15) is 19.2 Å². The summed E-state index contributed by atoms with van der Waals surface area (Å²) >= 11 is 0. The lowest BCUT2D eigenvalue weighted by Crippen LogP contribution is -2.40. The molecule has 2 amide bonds. The molecular weight excluding hydrogens is 729 g/mol. The Morgan fingerprint density at radius 3 is 1.79 bits per heavy atom. The number of carbonyl (C=O) groups is 4. The molecule has 0 aliphatic carbocycles. The standard InChI is InChI=1S/C49H38N2O7/c1-56-44-29-38(30-45(57-2)43(44)31-52)58-46(53)18-9-11-32-19-23-37(24-20-32)51-48(54)41-17-10-16-40-39(27-28-42(47(40)41)49(51)55)33-21-25-36(26-22-33)50(34-12-5-3-6-13-34)35-14-7-4-8-15-35/h3-8,10,12-17,19-31H,9,11,18H2,1-2H3. The first kappa shape index (κ1) is 37.4. The summed E-state index contributed by atoms with van der Waals surface area (Å²) in [7, 11) is 2.83. The predicted molar refractivity (Wildman–Crippen MR) is 225 cm³/mol. The number of hydrogen-bond acceptors (Lipinski definition) is 8. The number of amides is 2. The smallest absolute Gasteiger partial charge is 0.311 e. The molecule has 0 saturated carbocycles. The fourth-order valence-electron chi connectivity index (χ4n) is 7.49. The Morgan fingerprint density at radius 1 is 0.638 bits per heavy atom. The van der Waals surface area contributed by atoms with Gasteiger partial charge in [-0.2, -0.15) is 0 Å². The number of anilines is 4. The number of benzene rings is 7. The highest BCUT2D eigenvalue weighted by atomic mass is 16.5. The molecule has 0 bridgehead atoms. The first-order chi connectivity index (χ1) is 28.4. The van der Waals surface area contributed by atoms with Crippen LogP contribution in [0.5, 0.6) is 17.2 Å². The summed E-state index contributed by atoms with van der Waals surface area (Å²) in [6.45, 7) is 0. The minimum Gasteiger partial charge on any atom is -0.496 e. The van der Waals surface area contributed by atoms with E-state index >= 15 is 0 Å². The van der Waals surface area contributed by atoms with Crippen LogP contribution in [-0.2, 0) is 11.2 Å². The molecule has 8 rings (SSSR count). The van der Waals surface area contributed by atoms with Gasteiger partial charge < -0.3 is 19.1 Å². The third kappa shape index (κ3) is 7.17. The topological polar surface area (TPSA) is 102 Å². The van der Waals surface area contributed by atoms with E-state index in [1.54, 1.807) is 18.2 Å². The average molecular weight is 767 g/mol. The number of esters is 1. The summed E-state index contributed by atoms with van der Waals surface area (Å²) in [6, 6.07) is 48.3. The number of aryl methyl sites for hydroxylation is 1. The Kier molecular flexibility index (Phi) is 10.5. The number of carbonyl (C=O) groups excluding carboxylic acids is 4. The van der Waals surface area contributed by atoms with Gasteiger partial charge in [0.1, 0.15) is 17.2 Å².